The molecule has 0 aromatic carbocycles. The molecule has 2 fully saturated rings. The predicted octanol–water partition coefficient (Wildman–Crippen LogP) is -0.785. The van der Waals surface area contributed by atoms with E-state index in [1.54, 1.807) is 18.7 Å². The number of carbonyl (C=O) groups excluding carboxylic acids is 2. The minimum absolute atomic E-state index is 0.0812. The number of hydrogen-bond donors (Lipinski definition) is 2. The third-order valence-electron chi connectivity index (χ3n) is 3.31. The molecule has 0 spiro atoms. The van der Waals surface area contributed by atoms with Gasteiger partial charge in [0.2, 0.25) is 11.8 Å². The van der Waals surface area contributed by atoms with Crippen molar-refractivity contribution in [3.8, 4) is 0 Å². The van der Waals surface area contributed by atoms with E-state index in [0.29, 0.717) is 13.1 Å². The minimum Gasteiger partial charge on any atom is -0.352 e. The maximum absolute atomic E-state index is 12.1. The molecule has 0 aromatic rings. The highest BCUT2D eigenvalue weighted by atomic mass is 16.2. The van der Waals surface area contributed by atoms with Crippen LogP contribution in [-0.4, -0.2) is 40.9 Å². The van der Waals surface area contributed by atoms with Gasteiger partial charge in [-0.3, -0.25) is 9.59 Å². The van der Waals surface area contributed by atoms with E-state index in [2.05, 4.69) is 5.32 Å². The van der Waals surface area contributed by atoms with Crippen LogP contribution in [0, 0.1) is 0 Å². The molecule has 1 aliphatic carbocycles. The molecule has 0 bridgehead atoms. The topological polar surface area (TPSA) is 75.4 Å². The lowest BCUT2D eigenvalue weighted by Gasteiger charge is -2.42. The molecule has 1 aliphatic heterocycles. The van der Waals surface area contributed by atoms with Gasteiger partial charge in [-0.05, 0) is 26.7 Å². The zero-order valence-corrected chi connectivity index (χ0v) is 9.17. The number of piperazine rings is 1. The van der Waals surface area contributed by atoms with E-state index in [1.165, 1.54) is 0 Å². The third-order valence-corrected chi connectivity index (χ3v) is 3.31. The second-order valence-corrected chi connectivity index (χ2v) is 4.93. The molecule has 0 radical (unpaired) electrons. The number of rotatable bonds is 1. The lowest BCUT2D eigenvalue weighted by Crippen LogP contribution is -2.66. The Kier molecular flexibility index (Phi) is 2.05. The first-order valence-electron chi connectivity index (χ1n) is 5.27. The monoisotopic (exact) mass is 211 g/mol. The van der Waals surface area contributed by atoms with Gasteiger partial charge in [0.25, 0.3) is 0 Å². The number of hydrogen-bond acceptors (Lipinski definition) is 3. The number of carbonyl (C=O) groups is 2. The van der Waals surface area contributed by atoms with Gasteiger partial charge >= 0.3 is 0 Å². The van der Waals surface area contributed by atoms with Gasteiger partial charge in [-0.1, -0.05) is 0 Å². The van der Waals surface area contributed by atoms with Crippen molar-refractivity contribution in [1.82, 2.24) is 10.2 Å². The maximum atomic E-state index is 12.1. The van der Waals surface area contributed by atoms with Crippen LogP contribution >= 0.6 is 0 Å². The summed E-state index contributed by atoms with van der Waals surface area (Å²) in [5.41, 5.74) is 4.41. The van der Waals surface area contributed by atoms with Gasteiger partial charge in [-0.15, -0.1) is 0 Å². The van der Waals surface area contributed by atoms with Crippen molar-refractivity contribution in [3.05, 3.63) is 0 Å². The molecule has 0 unspecified atom stereocenters. The van der Waals surface area contributed by atoms with Crippen molar-refractivity contribution in [2.75, 3.05) is 13.1 Å². The average molecular weight is 211 g/mol. The fraction of sp³-hybridized carbons (Fsp3) is 0.800. The van der Waals surface area contributed by atoms with E-state index < -0.39 is 11.1 Å². The molecule has 2 rings (SSSR count). The van der Waals surface area contributed by atoms with E-state index in [0.717, 1.165) is 12.8 Å². The highest BCUT2D eigenvalue weighted by molar-refractivity contribution is 5.96. The normalized spacial score (nSPS) is 27.1. The van der Waals surface area contributed by atoms with Crippen LogP contribution in [-0.2, 0) is 9.59 Å². The first-order valence-corrected chi connectivity index (χ1v) is 5.27. The molecular weight excluding hydrogens is 194 g/mol. The van der Waals surface area contributed by atoms with Gasteiger partial charge < -0.3 is 16.0 Å². The van der Waals surface area contributed by atoms with E-state index in [1.807, 2.05) is 0 Å². The quantitative estimate of drug-likeness (QED) is 0.597. The largest absolute Gasteiger partial charge is 0.352 e. The molecular formula is C10H17N3O2. The van der Waals surface area contributed by atoms with Gasteiger partial charge in [0.15, 0.2) is 0 Å². The average Bonchev–Trinajstić information content (AvgIpc) is 2.89. The number of nitrogens with zero attached hydrogens (tertiary/aromatic N) is 1. The van der Waals surface area contributed by atoms with Crippen molar-refractivity contribution in [1.29, 1.82) is 0 Å². The van der Waals surface area contributed by atoms with Crippen LogP contribution in [0.3, 0.4) is 0 Å². The fourth-order valence-corrected chi connectivity index (χ4v) is 1.87. The van der Waals surface area contributed by atoms with Crippen molar-refractivity contribution in [2.45, 2.75) is 37.8 Å². The summed E-state index contributed by atoms with van der Waals surface area (Å²) in [4.78, 5) is 25.3. The SMILES string of the molecule is CC1(C)C(=O)NCCN1C(=O)C1(N)CC1. The van der Waals surface area contributed by atoms with Gasteiger partial charge in [0, 0.05) is 13.1 Å². The summed E-state index contributed by atoms with van der Waals surface area (Å²) in [6.07, 6.45) is 1.47. The first kappa shape index (κ1) is 10.4. The zero-order chi connectivity index (χ0) is 11.3. The Bertz CT molecular complexity index is 321. The van der Waals surface area contributed by atoms with Gasteiger partial charge in [0.1, 0.15) is 5.54 Å². The maximum Gasteiger partial charge on any atom is 0.245 e. The lowest BCUT2D eigenvalue weighted by atomic mass is 9.97. The van der Waals surface area contributed by atoms with Crippen molar-refractivity contribution in [2.24, 2.45) is 5.73 Å². The van der Waals surface area contributed by atoms with Gasteiger partial charge in [0.05, 0.1) is 5.54 Å². The van der Waals surface area contributed by atoms with Crippen LogP contribution in [0.25, 0.3) is 0 Å². The Balaban J connectivity index is 2.20. The number of amides is 2. The molecule has 2 aliphatic rings. The lowest BCUT2D eigenvalue weighted by molar-refractivity contribution is -0.150. The molecule has 1 saturated carbocycles. The Labute approximate surface area is 89.0 Å². The van der Waals surface area contributed by atoms with E-state index in [9.17, 15) is 9.59 Å². The summed E-state index contributed by atoms with van der Waals surface area (Å²) < 4.78 is 0. The zero-order valence-electron chi connectivity index (χ0n) is 9.17. The van der Waals surface area contributed by atoms with Crippen LogP contribution in [0.5, 0.6) is 0 Å². The van der Waals surface area contributed by atoms with Gasteiger partial charge in [-0.25, -0.2) is 0 Å². The highest BCUT2D eigenvalue weighted by Gasteiger charge is 2.52. The molecule has 1 heterocycles. The summed E-state index contributed by atoms with van der Waals surface area (Å²) in [6.45, 7) is 4.58. The summed E-state index contributed by atoms with van der Waals surface area (Å²) >= 11 is 0. The second kappa shape index (κ2) is 2.95. The van der Waals surface area contributed by atoms with Crippen LogP contribution in [0.1, 0.15) is 26.7 Å². The fourth-order valence-electron chi connectivity index (χ4n) is 1.87. The van der Waals surface area contributed by atoms with Crippen LogP contribution in [0.2, 0.25) is 0 Å². The predicted molar refractivity (Wildman–Crippen MR) is 55.0 cm³/mol. The Morgan fingerprint density at radius 1 is 1.47 bits per heavy atom. The minimum atomic E-state index is -0.774. The van der Waals surface area contributed by atoms with E-state index in [-0.39, 0.29) is 11.8 Å². The molecule has 1 saturated heterocycles. The van der Waals surface area contributed by atoms with Crippen molar-refractivity contribution >= 4 is 11.8 Å². The molecule has 84 valence electrons. The first-order chi connectivity index (χ1) is 6.88. The van der Waals surface area contributed by atoms with Crippen molar-refractivity contribution in [3.63, 3.8) is 0 Å². The molecule has 15 heavy (non-hydrogen) atoms. The highest BCUT2D eigenvalue weighted by Crippen LogP contribution is 2.36. The Morgan fingerprint density at radius 2 is 2.07 bits per heavy atom. The van der Waals surface area contributed by atoms with E-state index in [4.69, 9.17) is 5.73 Å². The standard InChI is InChI=1S/C10H17N3O2/c1-9(2)7(14)12-5-6-13(9)8(15)10(11)3-4-10/h3-6,11H2,1-2H3,(H,12,14). The third kappa shape index (κ3) is 1.51. The smallest absolute Gasteiger partial charge is 0.245 e. The molecule has 0 atom stereocenters. The summed E-state index contributed by atoms with van der Waals surface area (Å²) in [7, 11) is 0. The van der Waals surface area contributed by atoms with Crippen LogP contribution in [0.15, 0.2) is 0 Å². The second-order valence-electron chi connectivity index (χ2n) is 4.93. The van der Waals surface area contributed by atoms with Gasteiger partial charge in [-0.2, -0.15) is 0 Å². The summed E-state index contributed by atoms with van der Waals surface area (Å²) in [6, 6.07) is 0. The molecule has 3 N–H and O–H groups in total. The van der Waals surface area contributed by atoms with Crippen LogP contribution in [0.4, 0.5) is 0 Å². The van der Waals surface area contributed by atoms with Crippen LogP contribution < -0.4 is 11.1 Å². The Hall–Kier alpha value is -1.10. The van der Waals surface area contributed by atoms with Crippen molar-refractivity contribution < 1.29 is 9.59 Å². The number of nitrogens with one attached hydrogen (secondary N) is 1. The summed E-state index contributed by atoms with van der Waals surface area (Å²) in [5.74, 6) is -0.186. The summed E-state index contributed by atoms with van der Waals surface area (Å²) in [5, 5.41) is 2.76. The molecule has 0 aromatic heterocycles. The number of nitrogens with two attached hydrogens (primary N) is 1. The molecule has 2 amide bonds. The molecule has 5 heteroatoms. The Morgan fingerprint density at radius 3 is 2.60 bits per heavy atom. The molecule has 5 nitrogen and oxygen atoms in total. The van der Waals surface area contributed by atoms with E-state index >= 15 is 0 Å².